The molecule has 0 bridgehead atoms. The van der Waals surface area contributed by atoms with Gasteiger partial charge in [0.05, 0.1) is 23.9 Å². The van der Waals surface area contributed by atoms with E-state index in [2.05, 4.69) is 16.1 Å². The van der Waals surface area contributed by atoms with Crippen molar-refractivity contribution in [1.29, 1.82) is 5.26 Å². The summed E-state index contributed by atoms with van der Waals surface area (Å²) in [6, 6.07) is 18.0. The van der Waals surface area contributed by atoms with Gasteiger partial charge in [-0.1, -0.05) is 18.2 Å². The van der Waals surface area contributed by atoms with Crippen LogP contribution in [0.25, 0.3) is 5.69 Å². The van der Waals surface area contributed by atoms with Crippen LogP contribution < -0.4 is 10.3 Å². The van der Waals surface area contributed by atoms with Crippen molar-refractivity contribution in [2.24, 2.45) is 0 Å². The summed E-state index contributed by atoms with van der Waals surface area (Å²) in [7, 11) is 3.35. The average Bonchev–Trinajstić information content (AvgIpc) is 3.35. The molecule has 9 heteroatoms. The van der Waals surface area contributed by atoms with Crippen molar-refractivity contribution < 1.29 is 14.3 Å². The van der Waals surface area contributed by atoms with E-state index in [9.17, 15) is 9.59 Å². The van der Waals surface area contributed by atoms with Gasteiger partial charge in [-0.3, -0.25) is 14.6 Å². The summed E-state index contributed by atoms with van der Waals surface area (Å²) in [5.41, 5.74) is 2.90. The predicted octanol–water partition coefficient (Wildman–Crippen LogP) is 2.99. The van der Waals surface area contributed by atoms with E-state index in [1.165, 1.54) is 11.0 Å². The second kappa shape index (κ2) is 11.6. The lowest BCUT2D eigenvalue weighted by Gasteiger charge is -2.21. The first-order chi connectivity index (χ1) is 17.5. The SMILES string of the molecule is COCCN1CCC(OC(=O)N(C)c2cccc(Cc3nn(-c4cccc(C#N)c4)ccc3=O)c2)C1. The van der Waals surface area contributed by atoms with Crippen molar-refractivity contribution in [2.75, 3.05) is 45.3 Å². The predicted molar refractivity (Wildman–Crippen MR) is 135 cm³/mol. The zero-order valence-corrected chi connectivity index (χ0v) is 20.5. The lowest BCUT2D eigenvalue weighted by molar-refractivity contribution is 0.103. The fourth-order valence-corrected chi connectivity index (χ4v) is 4.14. The van der Waals surface area contributed by atoms with Crippen LogP contribution in [0, 0.1) is 11.3 Å². The summed E-state index contributed by atoms with van der Waals surface area (Å²) in [6.07, 6.45) is 2.12. The van der Waals surface area contributed by atoms with Gasteiger partial charge in [0, 0.05) is 58.2 Å². The number of nitriles is 1. The molecule has 1 fully saturated rings. The summed E-state index contributed by atoms with van der Waals surface area (Å²) in [5, 5.41) is 13.7. The maximum Gasteiger partial charge on any atom is 0.414 e. The Morgan fingerprint density at radius 2 is 2.06 bits per heavy atom. The van der Waals surface area contributed by atoms with E-state index in [0.29, 0.717) is 42.2 Å². The Morgan fingerprint density at radius 1 is 1.22 bits per heavy atom. The summed E-state index contributed by atoms with van der Waals surface area (Å²) < 4.78 is 12.4. The molecule has 0 saturated carbocycles. The molecule has 2 heterocycles. The quantitative estimate of drug-likeness (QED) is 0.481. The van der Waals surface area contributed by atoms with Crippen molar-refractivity contribution in [3.63, 3.8) is 0 Å². The molecule has 186 valence electrons. The van der Waals surface area contributed by atoms with E-state index in [0.717, 1.165) is 25.1 Å². The number of methoxy groups -OCH3 is 1. The van der Waals surface area contributed by atoms with Crippen molar-refractivity contribution in [1.82, 2.24) is 14.7 Å². The van der Waals surface area contributed by atoms with Crippen LogP contribution in [-0.4, -0.2) is 67.3 Å². The van der Waals surface area contributed by atoms with Crippen LogP contribution in [-0.2, 0) is 15.9 Å². The number of rotatable bonds is 8. The molecule has 2 aromatic carbocycles. The molecule has 1 unspecified atom stereocenters. The van der Waals surface area contributed by atoms with Gasteiger partial charge in [-0.25, -0.2) is 9.48 Å². The van der Waals surface area contributed by atoms with E-state index in [1.54, 1.807) is 43.2 Å². The van der Waals surface area contributed by atoms with Gasteiger partial charge in [-0.2, -0.15) is 10.4 Å². The lowest BCUT2D eigenvalue weighted by Crippen LogP contribution is -2.33. The number of amides is 1. The van der Waals surface area contributed by atoms with Gasteiger partial charge in [0.1, 0.15) is 11.8 Å². The minimum atomic E-state index is -0.414. The fourth-order valence-electron chi connectivity index (χ4n) is 4.14. The molecule has 1 saturated heterocycles. The number of ether oxygens (including phenoxy) is 2. The van der Waals surface area contributed by atoms with Crippen LogP contribution in [0.2, 0.25) is 0 Å². The number of benzene rings is 2. The Kier molecular flexibility index (Phi) is 8.10. The van der Waals surface area contributed by atoms with Gasteiger partial charge in [0.2, 0.25) is 5.43 Å². The maximum atomic E-state index is 12.8. The van der Waals surface area contributed by atoms with Gasteiger partial charge >= 0.3 is 6.09 Å². The molecule has 36 heavy (non-hydrogen) atoms. The lowest BCUT2D eigenvalue weighted by atomic mass is 10.1. The van der Waals surface area contributed by atoms with Crippen LogP contribution >= 0.6 is 0 Å². The van der Waals surface area contributed by atoms with Crippen molar-refractivity contribution in [3.05, 3.63) is 87.8 Å². The fraction of sp³-hybridized carbons (Fsp3) is 0.333. The summed E-state index contributed by atoms with van der Waals surface area (Å²) in [5.74, 6) is 0. The van der Waals surface area contributed by atoms with Crippen LogP contribution in [0.5, 0.6) is 0 Å². The van der Waals surface area contributed by atoms with E-state index in [-0.39, 0.29) is 11.5 Å². The van der Waals surface area contributed by atoms with Crippen LogP contribution in [0.15, 0.2) is 65.6 Å². The molecular weight excluding hydrogens is 458 g/mol. The Balaban J connectivity index is 1.44. The number of nitrogens with zero attached hydrogens (tertiary/aromatic N) is 5. The van der Waals surface area contributed by atoms with E-state index >= 15 is 0 Å². The van der Waals surface area contributed by atoms with E-state index < -0.39 is 6.09 Å². The smallest absolute Gasteiger partial charge is 0.414 e. The van der Waals surface area contributed by atoms with Gasteiger partial charge < -0.3 is 9.47 Å². The molecule has 0 spiro atoms. The topological polar surface area (TPSA) is 101 Å². The Labute approximate surface area is 210 Å². The maximum absolute atomic E-state index is 12.8. The number of likely N-dealkylation sites (tertiary alicyclic amines) is 1. The Hall–Kier alpha value is -4.00. The number of hydrogen-bond donors (Lipinski definition) is 0. The second-order valence-corrected chi connectivity index (χ2v) is 8.73. The van der Waals surface area contributed by atoms with Crippen molar-refractivity contribution in [3.8, 4) is 11.8 Å². The van der Waals surface area contributed by atoms with Gasteiger partial charge in [0.25, 0.3) is 0 Å². The summed E-state index contributed by atoms with van der Waals surface area (Å²) in [4.78, 5) is 29.0. The number of carbonyl (C=O) groups excluding carboxylic acids is 1. The van der Waals surface area contributed by atoms with Crippen LogP contribution in [0.4, 0.5) is 10.5 Å². The highest BCUT2D eigenvalue weighted by molar-refractivity contribution is 5.87. The first-order valence-corrected chi connectivity index (χ1v) is 11.8. The average molecular weight is 488 g/mol. The highest BCUT2D eigenvalue weighted by Crippen LogP contribution is 2.20. The molecule has 0 radical (unpaired) electrons. The number of hydrogen-bond acceptors (Lipinski definition) is 7. The minimum absolute atomic E-state index is 0.147. The third kappa shape index (κ3) is 6.16. The minimum Gasteiger partial charge on any atom is -0.444 e. The second-order valence-electron chi connectivity index (χ2n) is 8.73. The highest BCUT2D eigenvalue weighted by Gasteiger charge is 2.27. The van der Waals surface area contributed by atoms with E-state index in [4.69, 9.17) is 14.7 Å². The Morgan fingerprint density at radius 3 is 2.86 bits per heavy atom. The normalized spacial score (nSPS) is 15.4. The molecule has 3 aromatic rings. The van der Waals surface area contributed by atoms with Crippen LogP contribution in [0.1, 0.15) is 23.2 Å². The molecule has 1 aliphatic rings. The van der Waals surface area contributed by atoms with Crippen molar-refractivity contribution >= 4 is 11.8 Å². The van der Waals surface area contributed by atoms with Crippen molar-refractivity contribution in [2.45, 2.75) is 18.9 Å². The molecule has 0 aliphatic carbocycles. The molecule has 9 nitrogen and oxygen atoms in total. The zero-order valence-electron chi connectivity index (χ0n) is 20.5. The molecule has 1 amide bonds. The number of aromatic nitrogens is 2. The van der Waals surface area contributed by atoms with Gasteiger partial charge in [-0.15, -0.1) is 0 Å². The third-order valence-electron chi connectivity index (χ3n) is 6.17. The van der Waals surface area contributed by atoms with Crippen LogP contribution in [0.3, 0.4) is 0 Å². The van der Waals surface area contributed by atoms with Gasteiger partial charge in [0.15, 0.2) is 0 Å². The van der Waals surface area contributed by atoms with Gasteiger partial charge in [-0.05, 0) is 42.3 Å². The molecule has 1 atom stereocenters. The Bertz CT molecular complexity index is 1320. The third-order valence-corrected chi connectivity index (χ3v) is 6.17. The standard InChI is InChI=1S/C27H29N5O4/c1-30(27(34)36-24-9-11-31(19-24)13-14-35-2)22-7-3-5-20(15-22)17-25-26(33)10-12-32(29-25)23-8-4-6-21(16-23)18-28/h3-8,10,12,15-16,24H,9,11,13-14,17,19H2,1-2H3. The monoisotopic (exact) mass is 487 g/mol. The molecule has 1 aromatic heterocycles. The molecule has 1 aliphatic heterocycles. The zero-order chi connectivity index (χ0) is 25.5. The first kappa shape index (κ1) is 25.1. The summed E-state index contributed by atoms with van der Waals surface area (Å²) in [6.45, 7) is 3.05. The highest BCUT2D eigenvalue weighted by atomic mass is 16.6. The van der Waals surface area contributed by atoms with E-state index in [1.807, 2.05) is 30.3 Å². The molecular formula is C27H29N5O4. The summed E-state index contributed by atoms with van der Waals surface area (Å²) >= 11 is 0. The largest absolute Gasteiger partial charge is 0.444 e. The molecule has 4 rings (SSSR count). The first-order valence-electron chi connectivity index (χ1n) is 11.8. The molecule has 0 N–H and O–H groups in total. The number of anilines is 1. The number of carbonyl (C=O) groups is 1.